The van der Waals surface area contributed by atoms with E-state index in [1.54, 1.807) is 25.2 Å². The summed E-state index contributed by atoms with van der Waals surface area (Å²) in [4.78, 5) is 57.1. The summed E-state index contributed by atoms with van der Waals surface area (Å²) in [6.45, 7) is 6.91. The Morgan fingerprint density at radius 3 is 1.50 bits per heavy atom. The lowest BCUT2D eigenvalue weighted by atomic mass is 10.1. The summed E-state index contributed by atoms with van der Waals surface area (Å²) in [5.41, 5.74) is 6.61. The van der Waals surface area contributed by atoms with Crippen LogP contribution in [0.4, 0.5) is 0 Å². The molecule has 8 aromatic rings. The van der Waals surface area contributed by atoms with E-state index in [0.717, 1.165) is 67.8 Å². The summed E-state index contributed by atoms with van der Waals surface area (Å²) in [6, 6.07) is 26.1. The fourth-order valence-corrected chi connectivity index (χ4v) is 8.90. The molecule has 0 bridgehead atoms. The van der Waals surface area contributed by atoms with E-state index in [1.165, 1.54) is 0 Å². The van der Waals surface area contributed by atoms with Crippen LogP contribution in [0.3, 0.4) is 0 Å². The van der Waals surface area contributed by atoms with E-state index in [0.29, 0.717) is 42.6 Å². The Balaban J connectivity index is 0.000000182. The molecule has 0 aliphatic rings. The number of halogens is 2. The van der Waals surface area contributed by atoms with Gasteiger partial charge in [0, 0.05) is 56.3 Å². The molecule has 0 saturated heterocycles. The zero-order valence-electron chi connectivity index (χ0n) is 33.8. The molecule has 0 aliphatic carbocycles. The first-order valence-electron chi connectivity index (χ1n) is 20.3. The predicted octanol–water partition coefficient (Wildman–Crippen LogP) is 10.1. The zero-order chi connectivity index (χ0) is 42.5. The third-order valence-corrected chi connectivity index (χ3v) is 11.4. The Bertz CT molecular complexity index is 2930. The van der Waals surface area contributed by atoms with Gasteiger partial charge < -0.3 is 19.8 Å². The molecule has 2 unspecified atom stereocenters. The first-order chi connectivity index (χ1) is 29.0. The second-order valence-electron chi connectivity index (χ2n) is 15.0. The van der Waals surface area contributed by atoms with Crippen LogP contribution in [-0.4, -0.2) is 51.9 Å². The monoisotopic (exact) mass is 850 g/mol. The number of benzene rings is 4. The summed E-state index contributed by atoms with van der Waals surface area (Å²) < 4.78 is 12.0. The van der Waals surface area contributed by atoms with Gasteiger partial charge in [0.2, 0.25) is 0 Å². The molecule has 4 aromatic heterocycles. The van der Waals surface area contributed by atoms with Crippen LogP contribution in [0.5, 0.6) is 0 Å². The SMILES string of the molecule is CCCC(CC(=O)O)n1c(=O)n(Cc2cc(Cl)cc3[nH]ccc23)c2ccccc21.CCCC(CC(=O)OCC)n1c(=O)n(Cc2cc(Cl)cc3[nH]ccc23)c2ccccc21. The van der Waals surface area contributed by atoms with Crippen LogP contribution in [-0.2, 0) is 27.4 Å². The van der Waals surface area contributed by atoms with Crippen molar-refractivity contribution in [2.75, 3.05) is 6.61 Å². The molecule has 4 aromatic carbocycles. The number of carbonyl (C=O) groups excluding carboxylic acids is 1. The summed E-state index contributed by atoms with van der Waals surface area (Å²) >= 11 is 12.6. The molecule has 0 amide bonds. The summed E-state index contributed by atoms with van der Waals surface area (Å²) in [5.74, 6) is -1.19. The number of imidazole rings is 2. The average molecular weight is 852 g/mol. The Morgan fingerprint density at radius 2 is 1.08 bits per heavy atom. The smallest absolute Gasteiger partial charge is 0.329 e. The number of esters is 1. The summed E-state index contributed by atoms with van der Waals surface area (Å²) in [5, 5.41) is 12.6. The lowest BCUT2D eigenvalue weighted by molar-refractivity contribution is -0.144. The van der Waals surface area contributed by atoms with Crippen molar-refractivity contribution in [3.8, 4) is 0 Å². The van der Waals surface area contributed by atoms with E-state index in [1.807, 2.05) is 104 Å². The van der Waals surface area contributed by atoms with Crippen LogP contribution in [0.25, 0.3) is 43.9 Å². The highest BCUT2D eigenvalue weighted by Crippen LogP contribution is 2.29. The van der Waals surface area contributed by atoms with Gasteiger partial charge in [-0.05, 0) is 91.6 Å². The molecule has 3 N–H and O–H groups in total. The number of hydrogen-bond acceptors (Lipinski definition) is 5. The van der Waals surface area contributed by atoms with Crippen molar-refractivity contribution < 1.29 is 19.4 Å². The Morgan fingerprint density at radius 1 is 0.650 bits per heavy atom. The molecule has 0 spiro atoms. The molecule has 0 aliphatic heterocycles. The lowest BCUT2D eigenvalue weighted by Gasteiger charge is -2.17. The number of H-pyrrole nitrogens is 2. The van der Waals surface area contributed by atoms with Gasteiger partial charge >= 0.3 is 23.3 Å². The number of hydrogen-bond donors (Lipinski definition) is 3. The van der Waals surface area contributed by atoms with Gasteiger partial charge in [-0.2, -0.15) is 0 Å². The van der Waals surface area contributed by atoms with E-state index in [9.17, 15) is 24.3 Å². The van der Waals surface area contributed by atoms with Crippen molar-refractivity contribution in [2.24, 2.45) is 0 Å². The number of aromatic amines is 2. The zero-order valence-corrected chi connectivity index (χ0v) is 35.3. The number of aliphatic carboxylic acids is 1. The van der Waals surface area contributed by atoms with Crippen LogP contribution in [0.15, 0.2) is 107 Å². The fraction of sp³-hybridized carbons (Fsp3) is 0.304. The van der Waals surface area contributed by atoms with Gasteiger partial charge in [-0.25, -0.2) is 9.59 Å². The van der Waals surface area contributed by atoms with Crippen LogP contribution in [0.2, 0.25) is 10.0 Å². The number of aromatic nitrogens is 6. The van der Waals surface area contributed by atoms with Gasteiger partial charge in [-0.15, -0.1) is 0 Å². The second-order valence-corrected chi connectivity index (χ2v) is 15.8. The van der Waals surface area contributed by atoms with Gasteiger partial charge in [0.25, 0.3) is 0 Å². The maximum absolute atomic E-state index is 13.6. The Kier molecular flexibility index (Phi) is 13.0. The van der Waals surface area contributed by atoms with Crippen LogP contribution >= 0.6 is 23.2 Å². The molecule has 60 heavy (non-hydrogen) atoms. The van der Waals surface area contributed by atoms with Gasteiger partial charge in [0.05, 0.1) is 54.6 Å². The average Bonchev–Trinajstić information content (AvgIpc) is 4.00. The third kappa shape index (κ3) is 8.66. The molecule has 0 saturated carbocycles. The minimum atomic E-state index is -0.906. The molecular weight excluding hydrogens is 803 g/mol. The van der Waals surface area contributed by atoms with Crippen molar-refractivity contribution in [1.29, 1.82) is 0 Å². The number of ether oxygens (including phenoxy) is 1. The fourth-order valence-electron chi connectivity index (χ4n) is 8.41. The summed E-state index contributed by atoms with van der Waals surface area (Å²) in [6.07, 6.45) is 6.80. The summed E-state index contributed by atoms with van der Waals surface area (Å²) in [7, 11) is 0. The number of para-hydroxylation sites is 4. The molecule has 0 fully saturated rings. The number of nitrogens with one attached hydrogen (secondary N) is 2. The van der Waals surface area contributed by atoms with Gasteiger partial charge in [-0.3, -0.25) is 27.9 Å². The molecule has 4 heterocycles. The van der Waals surface area contributed by atoms with Crippen molar-refractivity contribution in [3.05, 3.63) is 139 Å². The normalized spacial score (nSPS) is 12.6. The van der Waals surface area contributed by atoms with E-state index in [4.69, 9.17) is 27.9 Å². The standard InChI is InChI=1S/C24H26ClN3O3.C22H22ClN3O3/c1-3-7-18(14-23(29)31-4-2)28-22-9-6-5-8-21(22)27(24(28)30)15-16-12-17(25)13-20-19(16)10-11-26-20;1-2-5-16(12-21(27)28)26-20-7-4-3-6-19(20)25(22(26)29)13-14-10-15(23)11-18-17(14)8-9-24-18/h5-6,8-13,18,26H,3-4,7,14-15H2,1-2H3;3-4,6-11,16,24H,2,5,12-13H2,1H3,(H,27,28). The van der Waals surface area contributed by atoms with Crippen molar-refractivity contribution >= 4 is 79.0 Å². The number of carboxylic acid groups (broad SMARTS) is 1. The van der Waals surface area contributed by atoms with Gasteiger partial charge in [-0.1, -0.05) is 74.2 Å². The van der Waals surface area contributed by atoms with Crippen molar-refractivity contribution in [1.82, 2.24) is 28.2 Å². The number of nitrogens with zero attached hydrogens (tertiary/aromatic N) is 4. The van der Waals surface area contributed by atoms with E-state index in [2.05, 4.69) is 16.9 Å². The van der Waals surface area contributed by atoms with Crippen LogP contribution in [0, 0.1) is 0 Å². The molecule has 12 nitrogen and oxygen atoms in total. The highest BCUT2D eigenvalue weighted by atomic mass is 35.5. The molecule has 14 heteroatoms. The highest BCUT2D eigenvalue weighted by Gasteiger charge is 2.25. The van der Waals surface area contributed by atoms with Crippen molar-refractivity contribution in [2.45, 2.75) is 84.5 Å². The van der Waals surface area contributed by atoms with Crippen LogP contribution in [0.1, 0.15) is 82.5 Å². The minimum absolute atomic E-state index is 0.0824. The highest BCUT2D eigenvalue weighted by molar-refractivity contribution is 6.31. The number of carbonyl (C=O) groups is 2. The maximum atomic E-state index is 13.6. The number of rotatable bonds is 15. The lowest BCUT2D eigenvalue weighted by Crippen LogP contribution is -2.29. The van der Waals surface area contributed by atoms with E-state index < -0.39 is 5.97 Å². The molecule has 0 radical (unpaired) electrons. The molecule has 312 valence electrons. The van der Waals surface area contributed by atoms with E-state index >= 15 is 0 Å². The molecule has 8 rings (SSSR count). The first-order valence-corrected chi connectivity index (χ1v) is 21.1. The number of carboxylic acids is 1. The van der Waals surface area contributed by atoms with Gasteiger partial charge in [0.1, 0.15) is 0 Å². The van der Waals surface area contributed by atoms with Crippen molar-refractivity contribution in [3.63, 3.8) is 0 Å². The van der Waals surface area contributed by atoms with Crippen LogP contribution < -0.4 is 11.4 Å². The predicted molar refractivity (Wildman–Crippen MR) is 239 cm³/mol. The van der Waals surface area contributed by atoms with E-state index in [-0.39, 0.29) is 42.3 Å². The second kappa shape index (κ2) is 18.5. The topological polar surface area (TPSA) is 149 Å². The third-order valence-electron chi connectivity index (χ3n) is 10.9. The minimum Gasteiger partial charge on any atom is -0.481 e. The Hall–Kier alpha value is -5.98. The molecular formula is C46H48Cl2N6O6. The largest absolute Gasteiger partial charge is 0.481 e. The van der Waals surface area contributed by atoms with Gasteiger partial charge in [0.15, 0.2) is 0 Å². The molecule has 2 atom stereocenters. The quantitative estimate of drug-likeness (QED) is 0.0875. The Labute approximate surface area is 355 Å². The first kappa shape index (κ1) is 42.2. The number of fused-ring (bicyclic) bond motifs is 4. The maximum Gasteiger partial charge on any atom is 0.329 e.